The second-order valence-electron chi connectivity index (χ2n) is 4.68. The maximum atomic E-state index is 11.9. The Morgan fingerprint density at radius 3 is 2.08 bits per heavy atom. The number of nitrogens with one attached hydrogen (secondary N) is 2. The normalized spacial score (nSPS) is 11.2. The first-order valence-corrected chi connectivity index (χ1v) is 7.11. The predicted octanol–water partition coefficient (Wildman–Crippen LogP) is 3.08. The molecule has 0 atom stereocenters. The first kappa shape index (κ1) is 15.3. The topological polar surface area (TPSA) is 92.1 Å². The number of hydrogen-bond donors (Lipinski definition) is 2. The highest BCUT2D eigenvalue weighted by Gasteiger charge is 2.03. The molecule has 2 N–H and O–H groups in total. The van der Waals surface area contributed by atoms with Crippen molar-refractivity contribution < 1.29 is 13.6 Å². The van der Waals surface area contributed by atoms with Crippen LogP contribution >= 0.6 is 0 Å². The summed E-state index contributed by atoms with van der Waals surface area (Å²) in [6.45, 7) is 0. The molecule has 0 saturated heterocycles. The molecule has 0 aliphatic rings. The van der Waals surface area contributed by atoms with Gasteiger partial charge < -0.3 is 8.83 Å². The van der Waals surface area contributed by atoms with Crippen molar-refractivity contribution in [3.8, 4) is 0 Å². The van der Waals surface area contributed by atoms with Crippen molar-refractivity contribution >= 4 is 24.0 Å². The third-order valence-electron chi connectivity index (χ3n) is 2.98. The Balaban J connectivity index is 1.52. The van der Waals surface area contributed by atoms with E-state index in [1.54, 1.807) is 61.0 Å². The average molecular weight is 322 g/mol. The van der Waals surface area contributed by atoms with Gasteiger partial charge in [0.15, 0.2) is 0 Å². The minimum atomic E-state index is -0.316. The van der Waals surface area contributed by atoms with Crippen LogP contribution in [0, 0.1) is 0 Å². The summed E-state index contributed by atoms with van der Waals surface area (Å²) in [6, 6.07) is 13.9. The van der Waals surface area contributed by atoms with Crippen LogP contribution in [0.15, 0.2) is 80.1 Å². The number of nitrogens with zero attached hydrogens (tertiary/aromatic N) is 2. The lowest BCUT2D eigenvalue weighted by atomic mass is 10.2. The molecule has 0 saturated carbocycles. The fourth-order valence-corrected chi connectivity index (χ4v) is 1.82. The zero-order valence-electron chi connectivity index (χ0n) is 12.5. The SMILES string of the molecule is O=C(N/N=C\c1ccco1)c1ccc(N/N=C\c2ccco2)cc1. The predicted molar refractivity (Wildman–Crippen MR) is 90.1 cm³/mol. The summed E-state index contributed by atoms with van der Waals surface area (Å²) in [5.41, 5.74) is 6.50. The Labute approximate surface area is 137 Å². The molecule has 1 aromatic carbocycles. The van der Waals surface area contributed by atoms with E-state index in [-0.39, 0.29) is 5.91 Å². The first-order valence-electron chi connectivity index (χ1n) is 7.11. The van der Waals surface area contributed by atoms with Gasteiger partial charge in [-0.15, -0.1) is 0 Å². The number of carbonyl (C=O) groups excluding carboxylic acids is 1. The summed E-state index contributed by atoms with van der Waals surface area (Å²) in [5, 5.41) is 7.86. The van der Waals surface area contributed by atoms with Gasteiger partial charge in [0.05, 0.1) is 30.6 Å². The molecule has 0 bridgehead atoms. The van der Waals surface area contributed by atoms with Gasteiger partial charge in [0.25, 0.3) is 5.91 Å². The molecular weight excluding hydrogens is 308 g/mol. The van der Waals surface area contributed by atoms with E-state index >= 15 is 0 Å². The number of amides is 1. The van der Waals surface area contributed by atoms with Crippen LogP contribution in [0.5, 0.6) is 0 Å². The monoisotopic (exact) mass is 322 g/mol. The summed E-state index contributed by atoms with van der Waals surface area (Å²) in [5.74, 6) is 0.889. The van der Waals surface area contributed by atoms with Gasteiger partial charge in [0, 0.05) is 5.56 Å². The molecule has 0 fully saturated rings. The van der Waals surface area contributed by atoms with Gasteiger partial charge in [0.2, 0.25) is 0 Å². The number of hydrogen-bond acceptors (Lipinski definition) is 6. The van der Waals surface area contributed by atoms with Gasteiger partial charge in [-0.05, 0) is 48.5 Å². The Bertz CT molecular complexity index is 819. The van der Waals surface area contributed by atoms with Crippen LogP contribution in [-0.2, 0) is 0 Å². The van der Waals surface area contributed by atoms with Crippen LogP contribution in [-0.4, -0.2) is 18.3 Å². The van der Waals surface area contributed by atoms with Gasteiger partial charge in [-0.1, -0.05) is 0 Å². The lowest BCUT2D eigenvalue weighted by molar-refractivity contribution is 0.0955. The van der Waals surface area contributed by atoms with Crippen molar-refractivity contribution in [1.82, 2.24) is 5.43 Å². The number of furan rings is 2. The van der Waals surface area contributed by atoms with E-state index in [0.717, 1.165) is 5.69 Å². The van der Waals surface area contributed by atoms with Crippen molar-refractivity contribution in [3.05, 3.63) is 78.1 Å². The van der Waals surface area contributed by atoms with Crippen LogP contribution in [0.2, 0.25) is 0 Å². The Morgan fingerprint density at radius 2 is 1.50 bits per heavy atom. The molecular formula is C17H14N4O3. The van der Waals surface area contributed by atoms with Crippen molar-refractivity contribution in [2.45, 2.75) is 0 Å². The van der Waals surface area contributed by atoms with E-state index in [0.29, 0.717) is 17.1 Å². The van der Waals surface area contributed by atoms with Crippen LogP contribution in [0.25, 0.3) is 0 Å². The minimum absolute atomic E-state index is 0.316. The van der Waals surface area contributed by atoms with Gasteiger partial charge in [-0.25, -0.2) is 5.43 Å². The highest BCUT2D eigenvalue weighted by Crippen LogP contribution is 2.09. The number of hydrazone groups is 2. The van der Waals surface area contributed by atoms with Gasteiger partial charge >= 0.3 is 0 Å². The van der Waals surface area contributed by atoms with Crippen LogP contribution in [0.1, 0.15) is 21.9 Å². The maximum Gasteiger partial charge on any atom is 0.271 e. The molecule has 24 heavy (non-hydrogen) atoms. The third kappa shape index (κ3) is 4.20. The van der Waals surface area contributed by atoms with Gasteiger partial charge in [-0.2, -0.15) is 10.2 Å². The van der Waals surface area contributed by atoms with E-state index in [2.05, 4.69) is 21.1 Å². The fourth-order valence-electron chi connectivity index (χ4n) is 1.82. The molecule has 2 heterocycles. The molecule has 3 rings (SSSR count). The van der Waals surface area contributed by atoms with Crippen molar-refractivity contribution in [2.75, 3.05) is 5.43 Å². The first-order chi connectivity index (χ1) is 11.8. The van der Waals surface area contributed by atoms with Crippen molar-refractivity contribution in [1.29, 1.82) is 0 Å². The van der Waals surface area contributed by atoms with Gasteiger partial charge in [-0.3, -0.25) is 10.2 Å². The standard InChI is InChI=1S/C17H14N4O3/c22-17(21-19-12-16-4-2-10-24-16)13-5-7-14(8-6-13)20-18-11-15-3-1-9-23-15/h1-12,20H,(H,21,22)/b18-11-,19-12-. The lowest BCUT2D eigenvalue weighted by Crippen LogP contribution is -2.17. The second kappa shape index (κ2) is 7.59. The van der Waals surface area contributed by atoms with E-state index in [9.17, 15) is 4.79 Å². The number of anilines is 1. The molecule has 0 aliphatic heterocycles. The summed E-state index contributed by atoms with van der Waals surface area (Å²) < 4.78 is 10.2. The molecule has 7 nitrogen and oxygen atoms in total. The van der Waals surface area contributed by atoms with E-state index < -0.39 is 0 Å². The molecule has 2 aromatic heterocycles. The smallest absolute Gasteiger partial charge is 0.271 e. The molecule has 1 amide bonds. The van der Waals surface area contributed by atoms with Crippen molar-refractivity contribution in [3.63, 3.8) is 0 Å². The summed E-state index contributed by atoms with van der Waals surface area (Å²) in [7, 11) is 0. The molecule has 120 valence electrons. The van der Waals surface area contributed by atoms with E-state index in [1.807, 2.05) is 0 Å². The minimum Gasteiger partial charge on any atom is -0.463 e. The van der Waals surface area contributed by atoms with Crippen LogP contribution in [0.4, 0.5) is 5.69 Å². The van der Waals surface area contributed by atoms with E-state index in [1.165, 1.54) is 12.5 Å². The molecule has 3 aromatic rings. The van der Waals surface area contributed by atoms with Crippen molar-refractivity contribution in [2.24, 2.45) is 10.2 Å². The fraction of sp³-hybridized carbons (Fsp3) is 0. The van der Waals surface area contributed by atoms with Crippen LogP contribution < -0.4 is 10.9 Å². The zero-order chi connectivity index (χ0) is 16.6. The summed E-state index contributed by atoms with van der Waals surface area (Å²) >= 11 is 0. The Hall–Kier alpha value is -3.61. The quantitative estimate of drug-likeness (QED) is 0.539. The number of carbonyl (C=O) groups is 1. The maximum absolute atomic E-state index is 11.9. The number of benzene rings is 1. The van der Waals surface area contributed by atoms with E-state index in [4.69, 9.17) is 8.83 Å². The zero-order valence-corrected chi connectivity index (χ0v) is 12.5. The number of rotatable bonds is 6. The largest absolute Gasteiger partial charge is 0.463 e. The molecule has 0 spiro atoms. The molecule has 0 radical (unpaired) electrons. The highest BCUT2D eigenvalue weighted by atomic mass is 16.3. The Kier molecular flexibility index (Phi) is 4.84. The highest BCUT2D eigenvalue weighted by molar-refractivity contribution is 5.95. The molecule has 0 aliphatic carbocycles. The molecule has 7 heteroatoms. The molecule has 0 unspecified atom stereocenters. The average Bonchev–Trinajstić information content (AvgIpc) is 3.29. The Morgan fingerprint density at radius 1 is 0.875 bits per heavy atom. The lowest BCUT2D eigenvalue weighted by Gasteiger charge is -2.02. The summed E-state index contributed by atoms with van der Waals surface area (Å²) in [6.07, 6.45) is 6.09. The summed E-state index contributed by atoms with van der Waals surface area (Å²) in [4.78, 5) is 11.9. The second-order valence-corrected chi connectivity index (χ2v) is 4.68. The van der Waals surface area contributed by atoms with Crippen LogP contribution in [0.3, 0.4) is 0 Å². The van der Waals surface area contributed by atoms with Gasteiger partial charge in [0.1, 0.15) is 11.5 Å². The third-order valence-corrected chi connectivity index (χ3v) is 2.98.